The minimum Gasteiger partial charge on any atom is -0.497 e. The Morgan fingerprint density at radius 3 is 2.31 bits per heavy atom. The average molecular weight is 549 g/mol. The molecule has 2 atom stereocenters. The molecule has 0 saturated carbocycles. The van der Waals surface area contributed by atoms with Crippen LogP contribution in [-0.4, -0.2) is 97.8 Å². The van der Waals surface area contributed by atoms with E-state index < -0.39 is 42.4 Å². The molecule has 0 radical (unpaired) electrons. The van der Waals surface area contributed by atoms with Crippen molar-refractivity contribution in [1.29, 1.82) is 0 Å². The molecule has 0 saturated heterocycles. The molecule has 1 heterocycles. The van der Waals surface area contributed by atoms with Crippen molar-refractivity contribution in [2.45, 2.75) is 50.7 Å². The number of aliphatic carboxylic acids is 3. The number of benzene rings is 1. The van der Waals surface area contributed by atoms with Crippen molar-refractivity contribution in [3.05, 3.63) is 30.5 Å². The summed E-state index contributed by atoms with van der Waals surface area (Å²) in [7, 11) is 2.78. The second kappa shape index (κ2) is 14.9. The van der Waals surface area contributed by atoms with Crippen LogP contribution in [0.3, 0.4) is 0 Å². The van der Waals surface area contributed by atoms with Crippen molar-refractivity contribution >= 4 is 29.8 Å². The van der Waals surface area contributed by atoms with Gasteiger partial charge >= 0.3 is 23.9 Å². The summed E-state index contributed by atoms with van der Waals surface area (Å²) in [6.07, 6.45) is 1.64. The number of carbonyl (C=O) groups is 5. The minimum absolute atomic E-state index is 0.0519. The number of amides is 3. The number of unbranched alkanes of at least 4 members (excludes halogenated alkanes) is 1. The van der Waals surface area contributed by atoms with Gasteiger partial charge in [0.05, 0.1) is 13.3 Å². The average Bonchev–Trinajstić information content (AvgIpc) is 3.35. The number of carboxylic acid groups (broad SMARTS) is 3. The molecule has 0 spiro atoms. The van der Waals surface area contributed by atoms with Gasteiger partial charge in [-0.1, -0.05) is 5.21 Å². The van der Waals surface area contributed by atoms with E-state index in [-0.39, 0.29) is 31.8 Å². The maximum Gasteiger partial charge on any atom is 0.326 e. The molecule has 0 bridgehead atoms. The fourth-order valence-electron chi connectivity index (χ4n) is 3.56. The van der Waals surface area contributed by atoms with Crippen LogP contribution in [0, 0.1) is 0 Å². The molecule has 0 fully saturated rings. The molecule has 0 aliphatic rings. The molecule has 15 heteroatoms. The normalized spacial score (nSPS) is 12.2. The van der Waals surface area contributed by atoms with Crippen LogP contribution in [0.25, 0.3) is 11.3 Å². The summed E-state index contributed by atoms with van der Waals surface area (Å²) in [5.74, 6) is -3.54. The van der Waals surface area contributed by atoms with Gasteiger partial charge in [-0.25, -0.2) is 19.1 Å². The molecule has 39 heavy (non-hydrogen) atoms. The van der Waals surface area contributed by atoms with Gasteiger partial charge in [0.25, 0.3) is 0 Å². The molecule has 0 aliphatic carbocycles. The summed E-state index contributed by atoms with van der Waals surface area (Å²) < 4.78 is 6.51. The molecule has 2 aromatic rings. The number of carboxylic acids is 3. The molecule has 3 amide bonds. The molecule has 0 aliphatic heterocycles. The molecule has 2 rings (SSSR count). The van der Waals surface area contributed by atoms with Crippen LogP contribution in [0.2, 0.25) is 0 Å². The van der Waals surface area contributed by atoms with Gasteiger partial charge in [-0.05, 0) is 49.9 Å². The van der Waals surface area contributed by atoms with E-state index in [2.05, 4.69) is 20.9 Å². The third-order valence-electron chi connectivity index (χ3n) is 5.77. The molecule has 15 nitrogen and oxygen atoms in total. The lowest BCUT2D eigenvalue weighted by Crippen LogP contribution is -2.52. The Kier molecular flexibility index (Phi) is 11.7. The molecule has 212 valence electrons. The zero-order valence-electron chi connectivity index (χ0n) is 21.6. The summed E-state index contributed by atoms with van der Waals surface area (Å²) in [6, 6.07) is 3.55. The summed E-state index contributed by atoms with van der Waals surface area (Å²) in [5, 5.41) is 40.3. The first kappa shape index (κ1) is 30.5. The monoisotopic (exact) mass is 548 g/mol. The highest BCUT2D eigenvalue weighted by molar-refractivity contribution is 5.86. The van der Waals surface area contributed by atoms with E-state index in [4.69, 9.17) is 9.84 Å². The van der Waals surface area contributed by atoms with E-state index in [1.165, 1.54) is 11.7 Å². The Hall–Kier alpha value is -4.69. The lowest BCUT2D eigenvalue weighted by Gasteiger charge is -2.26. The smallest absolute Gasteiger partial charge is 0.326 e. The van der Waals surface area contributed by atoms with Gasteiger partial charge in [0.2, 0.25) is 5.91 Å². The van der Waals surface area contributed by atoms with Crippen LogP contribution in [0.1, 0.15) is 32.1 Å². The Morgan fingerprint density at radius 1 is 1.03 bits per heavy atom. The largest absolute Gasteiger partial charge is 0.497 e. The standard InChI is InChI=1S/C24H32N6O9/c1-29(24(38)26-17(22(34)35)10-11-21(32)33)19(23(36)37)5-3-4-12-25-20(31)14-30-13-18(27-28-30)15-6-8-16(39-2)9-7-15/h6-9,13,17,19H,3-5,10-12,14H2,1-2H3,(H,25,31)(H,26,38)(H,32,33)(H,34,35)(H,36,37)/t17-,19-/m0/s1. The zero-order valence-corrected chi connectivity index (χ0v) is 21.6. The van der Waals surface area contributed by atoms with E-state index in [9.17, 15) is 34.2 Å². The third kappa shape index (κ3) is 9.94. The quantitative estimate of drug-likeness (QED) is 0.184. The van der Waals surface area contributed by atoms with Crippen LogP contribution in [0.4, 0.5) is 4.79 Å². The maximum absolute atomic E-state index is 12.4. The van der Waals surface area contributed by atoms with Crippen LogP contribution >= 0.6 is 0 Å². The number of likely N-dealkylation sites (N-methyl/N-ethyl adjacent to an activating group) is 1. The van der Waals surface area contributed by atoms with Gasteiger partial charge in [0, 0.05) is 25.6 Å². The van der Waals surface area contributed by atoms with Gasteiger partial charge in [0.1, 0.15) is 30.1 Å². The van der Waals surface area contributed by atoms with Crippen molar-refractivity contribution in [2.24, 2.45) is 0 Å². The van der Waals surface area contributed by atoms with Gasteiger partial charge in [-0.3, -0.25) is 9.59 Å². The molecular formula is C24H32N6O9. The van der Waals surface area contributed by atoms with E-state index in [1.54, 1.807) is 25.4 Å². The van der Waals surface area contributed by atoms with Crippen molar-refractivity contribution < 1.29 is 44.0 Å². The Balaban J connectivity index is 1.77. The predicted molar refractivity (Wildman–Crippen MR) is 135 cm³/mol. The first-order valence-electron chi connectivity index (χ1n) is 12.0. The number of carbonyl (C=O) groups excluding carboxylic acids is 2. The van der Waals surface area contributed by atoms with E-state index in [0.717, 1.165) is 10.5 Å². The topological polar surface area (TPSA) is 213 Å². The molecule has 5 N–H and O–H groups in total. The van der Waals surface area contributed by atoms with Crippen molar-refractivity contribution in [1.82, 2.24) is 30.5 Å². The number of hydrogen-bond acceptors (Lipinski definition) is 8. The third-order valence-corrected chi connectivity index (χ3v) is 5.77. The number of nitrogens with zero attached hydrogens (tertiary/aromatic N) is 4. The number of nitrogens with one attached hydrogen (secondary N) is 2. The fraction of sp³-hybridized carbons (Fsp3) is 0.458. The zero-order chi connectivity index (χ0) is 28.9. The van der Waals surface area contributed by atoms with Gasteiger partial charge in [-0.15, -0.1) is 5.10 Å². The predicted octanol–water partition coefficient (Wildman–Crippen LogP) is 0.653. The second-order valence-electron chi connectivity index (χ2n) is 8.61. The lowest BCUT2D eigenvalue weighted by molar-refractivity contribution is -0.142. The molecular weight excluding hydrogens is 516 g/mol. The van der Waals surface area contributed by atoms with Crippen molar-refractivity contribution in [2.75, 3.05) is 20.7 Å². The molecule has 1 aromatic carbocycles. The highest BCUT2D eigenvalue weighted by atomic mass is 16.5. The first-order chi connectivity index (χ1) is 18.5. The second-order valence-corrected chi connectivity index (χ2v) is 8.61. The first-order valence-corrected chi connectivity index (χ1v) is 12.0. The van der Waals surface area contributed by atoms with E-state index in [0.29, 0.717) is 24.3 Å². The van der Waals surface area contributed by atoms with Gasteiger partial charge < -0.3 is 35.6 Å². The number of aromatic nitrogens is 3. The highest BCUT2D eigenvalue weighted by Crippen LogP contribution is 2.19. The van der Waals surface area contributed by atoms with Crippen molar-refractivity contribution in [3.8, 4) is 17.0 Å². The van der Waals surface area contributed by atoms with Crippen LogP contribution in [0.5, 0.6) is 5.75 Å². The number of rotatable bonds is 16. The minimum atomic E-state index is -1.47. The summed E-state index contributed by atoms with van der Waals surface area (Å²) >= 11 is 0. The number of urea groups is 1. The van der Waals surface area contributed by atoms with Crippen LogP contribution < -0.4 is 15.4 Å². The summed E-state index contributed by atoms with van der Waals surface area (Å²) in [5.41, 5.74) is 1.41. The lowest BCUT2D eigenvalue weighted by atomic mass is 10.1. The van der Waals surface area contributed by atoms with Gasteiger partial charge in [-0.2, -0.15) is 0 Å². The van der Waals surface area contributed by atoms with E-state index >= 15 is 0 Å². The fourth-order valence-corrected chi connectivity index (χ4v) is 3.56. The van der Waals surface area contributed by atoms with Crippen molar-refractivity contribution in [3.63, 3.8) is 0 Å². The highest BCUT2D eigenvalue weighted by Gasteiger charge is 2.29. The Labute approximate surface area is 223 Å². The number of methoxy groups -OCH3 is 1. The van der Waals surface area contributed by atoms with Gasteiger partial charge in [0.15, 0.2) is 0 Å². The summed E-state index contributed by atoms with van der Waals surface area (Å²) in [4.78, 5) is 59.2. The number of hydrogen-bond donors (Lipinski definition) is 5. The molecule has 0 unspecified atom stereocenters. The SMILES string of the molecule is COc1ccc(-c2cn(CC(=O)NCCCC[C@@H](C(=O)O)N(C)C(=O)N[C@@H](CCC(=O)O)C(=O)O)nn2)cc1. The van der Waals surface area contributed by atoms with Crippen LogP contribution in [0.15, 0.2) is 30.5 Å². The van der Waals surface area contributed by atoms with E-state index in [1.807, 2.05) is 12.1 Å². The number of ether oxygens (including phenoxy) is 1. The summed E-state index contributed by atoms with van der Waals surface area (Å²) in [6.45, 7) is 0.202. The Morgan fingerprint density at radius 2 is 1.72 bits per heavy atom. The molecule has 1 aromatic heterocycles. The maximum atomic E-state index is 12.4. The Bertz CT molecular complexity index is 1150. The van der Waals surface area contributed by atoms with Crippen LogP contribution in [-0.2, 0) is 25.7 Å².